The van der Waals surface area contributed by atoms with Crippen LogP contribution in [0.1, 0.15) is 34.2 Å². The molecule has 1 N–H and O–H groups in total. The van der Waals surface area contributed by atoms with Crippen molar-refractivity contribution in [2.24, 2.45) is 0 Å². The number of anilines is 1. The minimum absolute atomic E-state index is 0.0226. The normalized spacial score (nSPS) is 11.8. The molecule has 0 aliphatic rings. The summed E-state index contributed by atoms with van der Waals surface area (Å²) >= 11 is 5.96. The number of hydrogen-bond donors (Lipinski definition) is 1. The highest BCUT2D eigenvalue weighted by Crippen LogP contribution is 2.34. The van der Waals surface area contributed by atoms with Crippen molar-refractivity contribution >= 4 is 28.8 Å². The lowest BCUT2D eigenvalue weighted by molar-refractivity contribution is -0.137. The topological polar surface area (TPSA) is 46.4 Å². The number of hydrogen-bond acceptors (Lipinski definition) is 2. The second kappa shape index (κ2) is 6.64. The maximum Gasteiger partial charge on any atom is 0.416 e. The van der Waals surface area contributed by atoms with Crippen LogP contribution in [-0.4, -0.2) is 15.3 Å². The molecule has 0 bridgehead atoms. The van der Waals surface area contributed by atoms with Gasteiger partial charge in [0.2, 0.25) is 0 Å². The number of alkyl halides is 3. The maximum atomic E-state index is 12.9. The first-order chi connectivity index (χ1) is 12.2. The number of imidazole rings is 1. The van der Waals surface area contributed by atoms with Gasteiger partial charge in [0.05, 0.1) is 22.0 Å². The molecule has 0 atom stereocenters. The number of benzene rings is 1. The number of rotatable bonds is 3. The molecular formula is C18H15ClF3N3O. The van der Waals surface area contributed by atoms with Crippen molar-refractivity contribution in [1.29, 1.82) is 0 Å². The Hall–Kier alpha value is -2.54. The van der Waals surface area contributed by atoms with Crippen molar-refractivity contribution in [3.05, 3.63) is 64.1 Å². The zero-order chi connectivity index (χ0) is 19.1. The summed E-state index contributed by atoms with van der Waals surface area (Å²) in [6.07, 6.45) is -2.34. The molecule has 0 saturated heterocycles. The van der Waals surface area contributed by atoms with Gasteiger partial charge in [-0.15, -0.1) is 0 Å². The molecule has 0 aliphatic carbocycles. The molecule has 0 fully saturated rings. The fourth-order valence-corrected chi connectivity index (χ4v) is 2.88. The Bertz CT molecular complexity index is 995. The van der Waals surface area contributed by atoms with Crippen molar-refractivity contribution < 1.29 is 18.0 Å². The predicted octanol–water partition coefficient (Wildman–Crippen LogP) is 5.13. The summed E-state index contributed by atoms with van der Waals surface area (Å²) in [5.41, 5.74) is 1.36. The van der Waals surface area contributed by atoms with E-state index in [2.05, 4.69) is 10.3 Å². The van der Waals surface area contributed by atoms with Crippen LogP contribution >= 0.6 is 11.6 Å². The van der Waals surface area contributed by atoms with Gasteiger partial charge in [0.1, 0.15) is 11.3 Å². The van der Waals surface area contributed by atoms with Crippen LogP contribution < -0.4 is 5.32 Å². The summed E-state index contributed by atoms with van der Waals surface area (Å²) in [4.78, 5) is 17.2. The molecule has 26 heavy (non-hydrogen) atoms. The third kappa shape index (κ3) is 3.26. The van der Waals surface area contributed by atoms with Crippen LogP contribution in [0.4, 0.5) is 18.9 Å². The summed E-state index contributed by atoms with van der Waals surface area (Å²) in [6.45, 7) is 3.72. The van der Waals surface area contributed by atoms with Gasteiger partial charge in [-0.05, 0) is 43.2 Å². The van der Waals surface area contributed by atoms with Gasteiger partial charge in [-0.25, -0.2) is 4.98 Å². The summed E-state index contributed by atoms with van der Waals surface area (Å²) in [5, 5.41) is 2.50. The largest absolute Gasteiger partial charge is 0.416 e. The predicted molar refractivity (Wildman–Crippen MR) is 93.7 cm³/mol. The highest BCUT2D eigenvalue weighted by Gasteiger charge is 2.31. The maximum absolute atomic E-state index is 12.9. The van der Waals surface area contributed by atoms with Gasteiger partial charge in [-0.1, -0.05) is 24.6 Å². The van der Waals surface area contributed by atoms with E-state index in [0.717, 1.165) is 23.8 Å². The number of pyridine rings is 1. The van der Waals surface area contributed by atoms with Crippen molar-refractivity contribution in [3.8, 4) is 0 Å². The number of fused-ring (bicyclic) bond motifs is 1. The van der Waals surface area contributed by atoms with Crippen molar-refractivity contribution in [2.75, 3.05) is 5.32 Å². The molecule has 3 rings (SSSR count). The fourth-order valence-electron chi connectivity index (χ4n) is 2.72. The third-order valence-electron chi connectivity index (χ3n) is 4.01. The van der Waals surface area contributed by atoms with Crippen molar-refractivity contribution in [3.63, 3.8) is 0 Å². The van der Waals surface area contributed by atoms with E-state index in [0.29, 0.717) is 17.8 Å². The average Bonchev–Trinajstić information content (AvgIpc) is 2.96. The second-order valence-corrected chi connectivity index (χ2v) is 6.20. The molecule has 136 valence electrons. The highest BCUT2D eigenvalue weighted by molar-refractivity contribution is 6.34. The van der Waals surface area contributed by atoms with E-state index in [1.165, 1.54) is 0 Å². The number of carbonyl (C=O) groups is 1. The monoisotopic (exact) mass is 381 g/mol. The molecule has 3 aromatic rings. The lowest BCUT2D eigenvalue weighted by atomic mass is 10.2. The lowest BCUT2D eigenvalue weighted by Crippen LogP contribution is -2.17. The Morgan fingerprint density at radius 2 is 2.04 bits per heavy atom. The fraction of sp³-hybridized carbons (Fsp3) is 0.222. The Morgan fingerprint density at radius 3 is 2.69 bits per heavy atom. The minimum Gasteiger partial charge on any atom is -0.319 e. The zero-order valence-corrected chi connectivity index (χ0v) is 14.7. The number of nitrogens with zero attached hydrogens (tertiary/aromatic N) is 2. The molecule has 2 heterocycles. The van der Waals surface area contributed by atoms with E-state index in [4.69, 9.17) is 11.6 Å². The van der Waals surface area contributed by atoms with Gasteiger partial charge in [-0.3, -0.25) is 9.20 Å². The van der Waals surface area contributed by atoms with Gasteiger partial charge in [0.15, 0.2) is 0 Å². The quantitative estimate of drug-likeness (QED) is 0.683. The smallest absolute Gasteiger partial charge is 0.319 e. The molecule has 1 aromatic carbocycles. The van der Waals surface area contributed by atoms with Crippen LogP contribution in [0.3, 0.4) is 0 Å². The molecule has 0 spiro atoms. The number of aryl methyl sites for hydroxylation is 2. The van der Waals surface area contributed by atoms with E-state index in [1.807, 2.05) is 19.9 Å². The summed E-state index contributed by atoms with van der Waals surface area (Å²) in [5.74, 6) is -0.568. The van der Waals surface area contributed by atoms with Crippen LogP contribution in [-0.2, 0) is 12.6 Å². The van der Waals surface area contributed by atoms with E-state index >= 15 is 0 Å². The summed E-state index contributed by atoms with van der Waals surface area (Å²) < 4.78 is 40.4. The first-order valence-electron chi connectivity index (χ1n) is 7.87. The molecule has 0 radical (unpaired) electrons. The third-order valence-corrected chi connectivity index (χ3v) is 4.34. The van der Waals surface area contributed by atoms with Crippen LogP contribution in [0, 0.1) is 6.92 Å². The van der Waals surface area contributed by atoms with Crippen LogP contribution in [0.5, 0.6) is 0 Å². The van der Waals surface area contributed by atoms with Gasteiger partial charge in [-0.2, -0.15) is 13.2 Å². The van der Waals surface area contributed by atoms with Crippen LogP contribution in [0.2, 0.25) is 5.02 Å². The molecule has 8 heteroatoms. The lowest BCUT2D eigenvalue weighted by Gasteiger charge is -2.12. The van der Waals surface area contributed by atoms with Crippen molar-refractivity contribution in [2.45, 2.75) is 26.4 Å². The number of carbonyl (C=O) groups excluding carboxylic acids is 1. The first-order valence-corrected chi connectivity index (χ1v) is 8.24. The van der Waals surface area contributed by atoms with E-state index in [-0.39, 0.29) is 16.4 Å². The molecule has 0 aliphatic heterocycles. The Kier molecular flexibility index (Phi) is 4.66. The molecule has 0 unspecified atom stereocenters. The second-order valence-electron chi connectivity index (χ2n) is 5.79. The number of amides is 1. The molecule has 4 nitrogen and oxygen atoms in total. The van der Waals surface area contributed by atoms with Gasteiger partial charge >= 0.3 is 6.18 Å². The average molecular weight is 382 g/mol. The van der Waals surface area contributed by atoms with E-state index in [1.54, 1.807) is 16.7 Å². The van der Waals surface area contributed by atoms with Crippen LogP contribution in [0.15, 0.2) is 36.5 Å². The molecule has 2 aromatic heterocycles. The molecule has 1 amide bonds. The summed E-state index contributed by atoms with van der Waals surface area (Å²) in [6, 6.07) is 6.44. The van der Waals surface area contributed by atoms with E-state index < -0.39 is 17.6 Å². The number of aromatic nitrogens is 2. The minimum atomic E-state index is -4.53. The Labute approximate surface area is 152 Å². The first kappa shape index (κ1) is 18.3. The number of halogens is 4. The van der Waals surface area contributed by atoms with Gasteiger partial charge < -0.3 is 5.32 Å². The standard InChI is InChI=1S/C18H15ClF3N3O/c1-3-13-15(25-8-4-5-10(2)16(25)23-13)17(26)24-14-9-11(18(20,21)22)6-7-12(14)19/h4-9H,3H2,1-2H3,(H,24,26). The zero-order valence-electron chi connectivity index (χ0n) is 14.0. The van der Waals surface area contributed by atoms with Crippen LogP contribution in [0.25, 0.3) is 5.65 Å². The van der Waals surface area contributed by atoms with Crippen molar-refractivity contribution in [1.82, 2.24) is 9.38 Å². The van der Waals surface area contributed by atoms with Gasteiger partial charge in [0.25, 0.3) is 5.91 Å². The highest BCUT2D eigenvalue weighted by atomic mass is 35.5. The summed E-state index contributed by atoms with van der Waals surface area (Å²) in [7, 11) is 0. The number of nitrogens with one attached hydrogen (secondary N) is 1. The molecule has 0 saturated carbocycles. The SMILES string of the molecule is CCc1nc2c(C)cccn2c1C(=O)Nc1cc(C(F)(F)F)ccc1Cl. The van der Waals surface area contributed by atoms with Gasteiger partial charge in [0, 0.05) is 6.20 Å². The Morgan fingerprint density at radius 1 is 1.31 bits per heavy atom. The Balaban J connectivity index is 2.04. The molecular weight excluding hydrogens is 367 g/mol. The van der Waals surface area contributed by atoms with E-state index in [9.17, 15) is 18.0 Å².